The molecule has 110 valence electrons. The Kier molecular flexibility index (Phi) is 3.69. The van der Waals surface area contributed by atoms with Crippen LogP contribution in [0.2, 0.25) is 0 Å². The minimum atomic E-state index is -0.711. The molecule has 1 aliphatic heterocycles. The van der Waals surface area contributed by atoms with Crippen molar-refractivity contribution in [1.29, 1.82) is 0 Å². The average Bonchev–Trinajstić information content (AvgIpc) is 3.07. The largest absolute Gasteiger partial charge is 0.449 e. The summed E-state index contributed by atoms with van der Waals surface area (Å²) in [5.41, 5.74) is 6.17. The molecule has 2 aromatic rings. The SMILES string of the molecule is NC(=O)c1oc2ccc(Br)cc2c1NC(=O)[C@@H]1CCCN1. The van der Waals surface area contributed by atoms with E-state index < -0.39 is 5.91 Å². The van der Waals surface area contributed by atoms with Gasteiger partial charge < -0.3 is 20.8 Å². The van der Waals surface area contributed by atoms with Crippen LogP contribution in [0.15, 0.2) is 27.1 Å². The molecule has 2 heterocycles. The predicted octanol–water partition coefficient (Wildman–Crippen LogP) is 1.98. The van der Waals surface area contributed by atoms with Gasteiger partial charge in [-0.15, -0.1) is 0 Å². The standard InChI is InChI=1S/C14H14BrN3O3/c15-7-3-4-10-8(6-7)11(12(21-10)13(16)19)18-14(20)9-2-1-5-17-9/h3-4,6,9,17H,1-2,5H2,(H2,16,19)(H,18,20)/t9-/m0/s1. The number of hydrogen-bond acceptors (Lipinski definition) is 4. The molecule has 1 aromatic heterocycles. The summed E-state index contributed by atoms with van der Waals surface area (Å²) in [7, 11) is 0. The lowest BCUT2D eigenvalue weighted by molar-refractivity contribution is -0.117. The van der Waals surface area contributed by atoms with Crippen molar-refractivity contribution in [2.24, 2.45) is 5.73 Å². The van der Waals surface area contributed by atoms with E-state index in [4.69, 9.17) is 10.2 Å². The first-order chi connectivity index (χ1) is 10.1. The zero-order valence-corrected chi connectivity index (χ0v) is 12.7. The average molecular weight is 352 g/mol. The van der Waals surface area contributed by atoms with Crippen molar-refractivity contribution in [3.05, 3.63) is 28.4 Å². The second-order valence-electron chi connectivity index (χ2n) is 4.95. The van der Waals surface area contributed by atoms with E-state index in [9.17, 15) is 9.59 Å². The third-order valence-corrected chi connectivity index (χ3v) is 3.99. The maximum atomic E-state index is 12.2. The number of benzene rings is 1. The van der Waals surface area contributed by atoms with Crippen molar-refractivity contribution in [2.75, 3.05) is 11.9 Å². The minimum absolute atomic E-state index is 0.0329. The van der Waals surface area contributed by atoms with Crippen LogP contribution in [0.1, 0.15) is 23.4 Å². The molecule has 1 saturated heterocycles. The number of nitrogens with one attached hydrogen (secondary N) is 2. The Bertz CT molecular complexity index is 720. The monoisotopic (exact) mass is 351 g/mol. The Morgan fingerprint density at radius 3 is 2.90 bits per heavy atom. The van der Waals surface area contributed by atoms with Gasteiger partial charge in [0.1, 0.15) is 11.3 Å². The number of halogens is 1. The van der Waals surface area contributed by atoms with Gasteiger partial charge in [-0.2, -0.15) is 0 Å². The highest BCUT2D eigenvalue weighted by molar-refractivity contribution is 9.10. The summed E-state index contributed by atoms with van der Waals surface area (Å²) >= 11 is 3.36. The van der Waals surface area contributed by atoms with Gasteiger partial charge in [0.15, 0.2) is 0 Å². The van der Waals surface area contributed by atoms with E-state index in [0.29, 0.717) is 16.7 Å². The summed E-state index contributed by atoms with van der Waals surface area (Å²) in [6.07, 6.45) is 1.73. The van der Waals surface area contributed by atoms with Crippen LogP contribution in [0.5, 0.6) is 0 Å². The number of primary amides is 1. The van der Waals surface area contributed by atoms with Gasteiger partial charge in [0.25, 0.3) is 5.91 Å². The Balaban J connectivity index is 2.02. The van der Waals surface area contributed by atoms with Crippen molar-refractivity contribution in [3.63, 3.8) is 0 Å². The number of hydrogen-bond donors (Lipinski definition) is 3. The van der Waals surface area contributed by atoms with E-state index >= 15 is 0 Å². The first kappa shape index (κ1) is 14.1. The van der Waals surface area contributed by atoms with Crippen LogP contribution in [0, 0.1) is 0 Å². The maximum Gasteiger partial charge on any atom is 0.286 e. The highest BCUT2D eigenvalue weighted by Gasteiger charge is 2.26. The zero-order chi connectivity index (χ0) is 15.0. The maximum absolute atomic E-state index is 12.2. The molecule has 0 unspecified atom stereocenters. The molecule has 7 heteroatoms. The molecule has 0 radical (unpaired) electrons. The van der Waals surface area contributed by atoms with Crippen LogP contribution in [-0.2, 0) is 4.79 Å². The van der Waals surface area contributed by atoms with E-state index in [1.54, 1.807) is 18.2 Å². The lowest BCUT2D eigenvalue weighted by Gasteiger charge is -2.10. The Morgan fingerprint density at radius 1 is 1.43 bits per heavy atom. The third-order valence-electron chi connectivity index (χ3n) is 3.50. The molecule has 0 saturated carbocycles. The molecule has 2 amide bonds. The highest BCUT2D eigenvalue weighted by Crippen LogP contribution is 2.33. The number of furan rings is 1. The number of rotatable bonds is 3. The molecular weight excluding hydrogens is 338 g/mol. The fourth-order valence-corrected chi connectivity index (χ4v) is 2.85. The zero-order valence-electron chi connectivity index (χ0n) is 11.1. The summed E-state index contributed by atoms with van der Waals surface area (Å²) in [4.78, 5) is 23.8. The van der Waals surface area contributed by atoms with Gasteiger partial charge >= 0.3 is 0 Å². The van der Waals surface area contributed by atoms with Crippen molar-refractivity contribution in [1.82, 2.24) is 5.32 Å². The first-order valence-corrected chi connectivity index (χ1v) is 7.41. The van der Waals surface area contributed by atoms with Crippen LogP contribution >= 0.6 is 15.9 Å². The van der Waals surface area contributed by atoms with Crippen LogP contribution < -0.4 is 16.4 Å². The molecule has 6 nitrogen and oxygen atoms in total. The number of anilines is 1. The molecule has 21 heavy (non-hydrogen) atoms. The molecule has 1 fully saturated rings. The number of fused-ring (bicyclic) bond motifs is 1. The second-order valence-corrected chi connectivity index (χ2v) is 5.86. The Labute approximate surface area is 129 Å². The smallest absolute Gasteiger partial charge is 0.286 e. The van der Waals surface area contributed by atoms with Crippen molar-refractivity contribution in [3.8, 4) is 0 Å². The van der Waals surface area contributed by atoms with E-state index in [2.05, 4.69) is 26.6 Å². The summed E-state index contributed by atoms with van der Waals surface area (Å²) in [5.74, 6) is -0.927. The van der Waals surface area contributed by atoms with Crippen LogP contribution in [0.4, 0.5) is 5.69 Å². The topological polar surface area (TPSA) is 97.4 Å². The van der Waals surface area contributed by atoms with Crippen molar-refractivity contribution in [2.45, 2.75) is 18.9 Å². The van der Waals surface area contributed by atoms with Crippen LogP contribution in [-0.4, -0.2) is 24.4 Å². The fourth-order valence-electron chi connectivity index (χ4n) is 2.49. The van der Waals surface area contributed by atoms with Gasteiger partial charge in [0, 0.05) is 9.86 Å². The summed E-state index contributed by atoms with van der Waals surface area (Å²) < 4.78 is 6.27. The van der Waals surface area contributed by atoms with Crippen LogP contribution in [0.25, 0.3) is 11.0 Å². The number of amides is 2. The quantitative estimate of drug-likeness (QED) is 0.787. The van der Waals surface area contributed by atoms with Gasteiger partial charge in [0.05, 0.1) is 6.04 Å². The Hall–Kier alpha value is -1.86. The molecule has 3 rings (SSSR count). The number of carbonyl (C=O) groups excluding carboxylic acids is 2. The predicted molar refractivity (Wildman–Crippen MR) is 82.1 cm³/mol. The lowest BCUT2D eigenvalue weighted by atomic mass is 10.2. The molecule has 1 atom stereocenters. The molecule has 1 aliphatic rings. The molecule has 4 N–H and O–H groups in total. The van der Waals surface area contributed by atoms with Crippen molar-refractivity contribution >= 4 is 44.4 Å². The molecular formula is C14H14BrN3O3. The number of carbonyl (C=O) groups is 2. The van der Waals surface area contributed by atoms with E-state index in [1.165, 1.54) is 0 Å². The minimum Gasteiger partial charge on any atom is -0.449 e. The first-order valence-electron chi connectivity index (χ1n) is 6.62. The summed E-state index contributed by atoms with van der Waals surface area (Å²) in [6, 6.07) is 5.04. The van der Waals surface area contributed by atoms with E-state index in [-0.39, 0.29) is 17.7 Å². The van der Waals surface area contributed by atoms with Gasteiger partial charge in [-0.3, -0.25) is 9.59 Å². The number of nitrogens with two attached hydrogens (primary N) is 1. The molecule has 0 bridgehead atoms. The Morgan fingerprint density at radius 2 is 2.24 bits per heavy atom. The lowest BCUT2D eigenvalue weighted by Crippen LogP contribution is -2.35. The summed E-state index contributed by atoms with van der Waals surface area (Å²) in [6.45, 7) is 0.818. The second kappa shape index (κ2) is 5.50. The van der Waals surface area contributed by atoms with Gasteiger partial charge in [0.2, 0.25) is 11.7 Å². The molecule has 0 aliphatic carbocycles. The van der Waals surface area contributed by atoms with Gasteiger partial charge in [-0.1, -0.05) is 15.9 Å². The summed E-state index contributed by atoms with van der Waals surface area (Å²) in [5, 5.41) is 6.52. The van der Waals surface area contributed by atoms with Crippen LogP contribution in [0.3, 0.4) is 0 Å². The normalized spacial score (nSPS) is 18.0. The van der Waals surface area contributed by atoms with Gasteiger partial charge in [-0.25, -0.2) is 0 Å². The molecule has 1 aromatic carbocycles. The van der Waals surface area contributed by atoms with E-state index in [1.807, 2.05) is 0 Å². The van der Waals surface area contributed by atoms with E-state index in [0.717, 1.165) is 23.9 Å². The van der Waals surface area contributed by atoms with Gasteiger partial charge in [-0.05, 0) is 37.6 Å². The molecule has 0 spiro atoms. The fraction of sp³-hybridized carbons (Fsp3) is 0.286. The highest BCUT2D eigenvalue weighted by atomic mass is 79.9. The van der Waals surface area contributed by atoms with Crippen molar-refractivity contribution < 1.29 is 14.0 Å². The third kappa shape index (κ3) is 2.66.